The van der Waals surface area contributed by atoms with E-state index < -0.39 is 19.4 Å². The molecule has 0 aromatic heterocycles. The SMILES string of the molecule is CCCCCCCCCC/C=[C](\C(F)(F)F)[Ge]([c]1ccccc1)([c]1ccccc1)[c]1ccccc1. The number of halogens is 3. The molecule has 3 rings (SSSR count). The second-order valence-electron chi connectivity index (χ2n) is 9.23. The summed E-state index contributed by atoms with van der Waals surface area (Å²) in [7, 11) is 0. The molecule has 0 spiro atoms. The maximum absolute atomic E-state index is 15.0. The van der Waals surface area contributed by atoms with Crippen molar-refractivity contribution >= 4 is 26.5 Å². The van der Waals surface area contributed by atoms with Gasteiger partial charge in [-0.25, -0.2) is 0 Å². The fraction of sp³-hybridized carbons (Fsp3) is 0.355. The first-order valence-corrected chi connectivity index (χ1v) is 17.1. The van der Waals surface area contributed by atoms with E-state index in [0.29, 0.717) is 6.42 Å². The van der Waals surface area contributed by atoms with Gasteiger partial charge in [-0.2, -0.15) is 0 Å². The Morgan fingerprint density at radius 2 is 0.971 bits per heavy atom. The Balaban J connectivity index is 2.02. The number of hydrogen-bond donors (Lipinski definition) is 0. The second kappa shape index (κ2) is 13.7. The molecule has 0 unspecified atom stereocenters. The first kappa shape index (κ1) is 27.3. The van der Waals surface area contributed by atoms with Gasteiger partial charge >= 0.3 is 212 Å². The Hall–Kier alpha value is -2.27. The van der Waals surface area contributed by atoms with Crippen molar-refractivity contribution in [1.82, 2.24) is 0 Å². The third kappa shape index (κ3) is 7.13. The predicted octanol–water partition coefficient (Wildman–Crippen LogP) is 7.72. The van der Waals surface area contributed by atoms with Gasteiger partial charge in [0.15, 0.2) is 0 Å². The molecule has 4 heteroatoms. The molecule has 0 aliphatic rings. The van der Waals surface area contributed by atoms with E-state index in [9.17, 15) is 13.2 Å². The number of hydrogen-bond acceptors (Lipinski definition) is 0. The molecule has 0 saturated heterocycles. The van der Waals surface area contributed by atoms with Gasteiger partial charge in [0.2, 0.25) is 0 Å². The molecule has 0 heterocycles. The van der Waals surface area contributed by atoms with Crippen molar-refractivity contribution in [2.24, 2.45) is 0 Å². The monoisotopic (exact) mass is 540 g/mol. The molecule has 0 aliphatic heterocycles. The van der Waals surface area contributed by atoms with Crippen LogP contribution in [0.4, 0.5) is 13.2 Å². The Morgan fingerprint density at radius 1 is 0.600 bits per heavy atom. The van der Waals surface area contributed by atoms with Gasteiger partial charge in [0.25, 0.3) is 0 Å². The summed E-state index contributed by atoms with van der Waals surface area (Å²) in [6.07, 6.45) is 6.64. The van der Waals surface area contributed by atoms with Crippen LogP contribution in [0.15, 0.2) is 101 Å². The van der Waals surface area contributed by atoms with E-state index in [1.165, 1.54) is 32.1 Å². The molecule has 0 fully saturated rings. The number of alkyl halides is 3. The molecule has 0 aliphatic carbocycles. The van der Waals surface area contributed by atoms with Gasteiger partial charge in [0, 0.05) is 0 Å². The van der Waals surface area contributed by atoms with Crippen molar-refractivity contribution in [2.45, 2.75) is 70.9 Å². The summed E-state index contributed by atoms with van der Waals surface area (Å²) in [4.78, 5) is 0. The molecule has 0 bridgehead atoms. The Labute approximate surface area is 211 Å². The quantitative estimate of drug-likeness (QED) is 0.154. The van der Waals surface area contributed by atoms with Crippen LogP contribution >= 0.6 is 0 Å². The molecule has 0 radical (unpaired) electrons. The van der Waals surface area contributed by atoms with Gasteiger partial charge in [-0.05, 0) is 0 Å². The summed E-state index contributed by atoms with van der Waals surface area (Å²) >= 11 is -4.28. The zero-order valence-electron chi connectivity index (χ0n) is 20.7. The van der Waals surface area contributed by atoms with Gasteiger partial charge in [0.1, 0.15) is 0 Å². The number of benzene rings is 3. The fourth-order valence-corrected chi connectivity index (χ4v) is 15.3. The van der Waals surface area contributed by atoms with Crippen LogP contribution in [-0.4, -0.2) is 19.4 Å². The van der Waals surface area contributed by atoms with Crippen LogP contribution in [0.25, 0.3) is 0 Å². The van der Waals surface area contributed by atoms with Crippen LogP contribution in [0.1, 0.15) is 64.7 Å². The third-order valence-corrected chi connectivity index (χ3v) is 17.0. The number of allylic oxidation sites excluding steroid dienone is 2. The van der Waals surface area contributed by atoms with E-state index in [-0.39, 0.29) is 4.41 Å². The van der Waals surface area contributed by atoms with Gasteiger partial charge in [-0.1, -0.05) is 0 Å². The summed E-state index contributed by atoms with van der Waals surface area (Å²) in [5.41, 5.74) is 0. The van der Waals surface area contributed by atoms with E-state index in [1.807, 2.05) is 91.0 Å². The first-order valence-electron chi connectivity index (χ1n) is 13.0. The van der Waals surface area contributed by atoms with Crippen molar-refractivity contribution in [3.05, 3.63) is 101 Å². The molecule has 3 aromatic rings. The maximum atomic E-state index is 15.0. The normalized spacial score (nSPS) is 12.6. The molecule has 0 N–H and O–H groups in total. The Bertz CT molecular complexity index is 915. The standard InChI is InChI=1S/C31H37F3Ge/c1-2-3-4-5-6-7-8-9-19-26-30(31(32,33)34)35(27-20-13-10-14-21-27,28-22-15-11-16-23-28)29-24-17-12-18-25-29/h10-18,20-26H,2-9,19H2,1H3/b30-26+. The van der Waals surface area contributed by atoms with E-state index in [4.69, 9.17) is 0 Å². The van der Waals surface area contributed by atoms with Crippen LogP contribution in [0.3, 0.4) is 0 Å². The van der Waals surface area contributed by atoms with Crippen molar-refractivity contribution in [3.8, 4) is 0 Å². The van der Waals surface area contributed by atoms with E-state index in [1.54, 1.807) is 6.08 Å². The van der Waals surface area contributed by atoms with Crippen LogP contribution < -0.4 is 13.2 Å². The molecular formula is C31H37F3Ge. The van der Waals surface area contributed by atoms with Crippen LogP contribution in [-0.2, 0) is 0 Å². The van der Waals surface area contributed by atoms with Crippen molar-refractivity contribution < 1.29 is 13.2 Å². The molecule has 3 aromatic carbocycles. The summed E-state index contributed by atoms with van der Waals surface area (Å²) in [5.74, 6) is 0. The average molecular weight is 539 g/mol. The van der Waals surface area contributed by atoms with Crippen molar-refractivity contribution in [1.29, 1.82) is 0 Å². The molecule has 0 atom stereocenters. The van der Waals surface area contributed by atoms with Gasteiger partial charge in [-0.3, -0.25) is 0 Å². The summed E-state index contributed by atoms with van der Waals surface area (Å²) in [5, 5.41) is 0. The van der Waals surface area contributed by atoms with Crippen molar-refractivity contribution in [2.75, 3.05) is 0 Å². The van der Waals surface area contributed by atoms with Gasteiger partial charge in [0.05, 0.1) is 0 Å². The van der Waals surface area contributed by atoms with E-state index in [2.05, 4.69) is 6.92 Å². The zero-order valence-corrected chi connectivity index (χ0v) is 22.8. The molecule has 35 heavy (non-hydrogen) atoms. The third-order valence-electron chi connectivity index (χ3n) is 6.74. The predicted molar refractivity (Wildman–Crippen MR) is 145 cm³/mol. The van der Waals surface area contributed by atoms with E-state index in [0.717, 1.165) is 32.5 Å². The molecule has 0 amide bonds. The molecule has 0 saturated carbocycles. The average Bonchev–Trinajstić information content (AvgIpc) is 2.88. The minimum absolute atomic E-state index is 0.316. The van der Waals surface area contributed by atoms with E-state index >= 15 is 0 Å². The van der Waals surface area contributed by atoms with Crippen LogP contribution in [0, 0.1) is 0 Å². The van der Waals surface area contributed by atoms with Crippen LogP contribution in [0.5, 0.6) is 0 Å². The first-order chi connectivity index (χ1) is 17.0. The Morgan fingerprint density at radius 3 is 1.34 bits per heavy atom. The number of unbranched alkanes of at least 4 members (excludes halogenated alkanes) is 8. The Kier molecular flexibility index (Phi) is 10.7. The van der Waals surface area contributed by atoms with Crippen LogP contribution in [0.2, 0.25) is 0 Å². The summed E-state index contributed by atoms with van der Waals surface area (Å²) < 4.78 is 47.1. The summed E-state index contributed by atoms with van der Waals surface area (Å²) in [6.45, 7) is 2.20. The molecular weight excluding hydrogens is 502 g/mol. The minimum atomic E-state index is -4.40. The van der Waals surface area contributed by atoms with Gasteiger partial charge in [-0.15, -0.1) is 0 Å². The second-order valence-corrected chi connectivity index (χ2v) is 17.1. The molecule has 186 valence electrons. The summed E-state index contributed by atoms with van der Waals surface area (Å²) in [6, 6.07) is 28.2. The fourth-order valence-electron chi connectivity index (χ4n) is 5.04. The number of rotatable bonds is 13. The molecule has 0 nitrogen and oxygen atoms in total. The topological polar surface area (TPSA) is 0 Å². The van der Waals surface area contributed by atoms with Crippen molar-refractivity contribution in [3.63, 3.8) is 0 Å². The zero-order chi connectivity index (χ0) is 25.0. The van der Waals surface area contributed by atoms with Gasteiger partial charge < -0.3 is 0 Å².